The summed E-state index contributed by atoms with van der Waals surface area (Å²) in [5.74, 6) is 0.591. The number of para-hydroxylation sites is 2. The number of benzene rings is 5. The van der Waals surface area contributed by atoms with E-state index in [9.17, 15) is 13.2 Å². The van der Waals surface area contributed by atoms with E-state index in [4.69, 9.17) is 4.42 Å². The zero-order valence-electron chi connectivity index (χ0n) is 19.5. The Labute approximate surface area is 211 Å². The van der Waals surface area contributed by atoms with E-state index in [-0.39, 0.29) is 0 Å². The number of rotatable bonds is 4. The van der Waals surface area contributed by atoms with Crippen molar-refractivity contribution in [3.63, 3.8) is 0 Å². The lowest BCUT2D eigenvalue weighted by atomic mass is 9.97. The Hall–Kier alpha value is -4.64. The average Bonchev–Trinajstić information content (AvgIpc) is 3.38. The van der Waals surface area contributed by atoms with Crippen molar-refractivity contribution in [2.24, 2.45) is 0 Å². The minimum Gasteiger partial charge on any atom is -0.436 e. The molecule has 6 aromatic rings. The van der Waals surface area contributed by atoms with Crippen molar-refractivity contribution in [2.75, 3.05) is 0 Å². The molecule has 0 aliphatic heterocycles. The van der Waals surface area contributed by atoms with Crippen LogP contribution in [0.1, 0.15) is 5.56 Å². The van der Waals surface area contributed by atoms with Crippen LogP contribution in [-0.2, 0) is 6.18 Å². The molecule has 1 heterocycles. The zero-order chi connectivity index (χ0) is 25.4. The first-order chi connectivity index (χ1) is 17.9. The van der Waals surface area contributed by atoms with E-state index >= 15 is 0 Å². The van der Waals surface area contributed by atoms with E-state index in [1.54, 1.807) is 0 Å². The van der Waals surface area contributed by atoms with Gasteiger partial charge in [0.25, 0.3) is 0 Å². The minimum absolute atomic E-state index is 0.591. The Balaban J connectivity index is 1.22. The summed E-state index contributed by atoms with van der Waals surface area (Å²) in [7, 11) is 0. The fourth-order valence-electron chi connectivity index (χ4n) is 4.39. The van der Waals surface area contributed by atoms with Gasteiger partial charge in [-0.2, -0.15) is 13.2 Å². The van der Waals surface area contributed by atoms with Gasteiger partial charge in [0.05, 0.1) is 5.56 Å². The summed E-state index contributed by atoms with van der Waals surface area (Å²) < 4.78 is 44.4. The molecule has 0 bridgehead atoms. The Morgan fingerprint density at radius 2 is 0.973 bits per heavy atom. The molecule has 5 heteroatoms. The van der Waals surface area contributed by atoms with Crippen molar-refractivity contribution >= 4 is 11.1 Å². The second-order valence-corrected chi connectivity index (χ2v) is 8.80. The number of halogens is 3. The van der Waals surface area contributed by atoms with Gasteiger partial charge in [-0.3, -0.25) is 0 Å². The maximum Gasteiger partial charge on any atom is 0.416 e. The van der Waals surface area contributed by atoms with Crippen LogP contribution < -0.4 is 0 Å². The highest BCUT2D eigenvalue weighted by Crippen LogP contribution is 2.33. The molecule has 2 nitrogen and oxygen atoms in total. The van der Waals surface area contributed by atoms with Crippen LogP contribution in [0.3, 0.4) is 0 Å². The highest BCUT2D eigenvalue weighted by atomic mass is 19.4. The molecule has 0 fully saturated rings. The van der Waals surface area contributed by atoms with Gasteiger partial charge in [0.1, 0.15) is 5.52 Å². The molecule has 37 heavy (non-hydrogen) atoms. The highest BCUT2D eigenvalue weighted by Gasteiger charge is 2.29. The van der Waals surface area contributed by atoms with Crippen LogP contribution in [0.15, 0.2) is 126 Å². The van der Waals surface area contributed by atoms with Gasteiger partial charge >= 0.3 is 6.18 Å². The van der Waals surface area contributed by atoms with Gasteiger partial charge in [-0.15, -0.1) is 0 Å². The number of alkyl halides is 3. The monoisotopic (exact) mass is 491 g/mol. The van der Waals surface area contributed by atoms with Gasteiger partial charge in [0.15, 0.2) is 5.58 Å². The average molecular weight is 492 g/mol. The number of hydrogen-bond acceptors (Lipinski definition) is 2. The zero-order valence-corrected chi connectivity index (χ0v) is 19.5. The van der Waals surface area contributed by atoms with Crippen molar-refractivity contribution in [3.8, 4) is 44.8 Å². The molecule has 0 radical (unpaired) electrons. The number of nitrogens with zero attached hydrogens (tertiary/aromatic N) is 1. The van der Waals surface area contributed by atoms with E-state index in [0.717, 1.165) is 62.2 Å². The van der Waals surface area contributed by atoms with E-state index in [0.29, 0.717) is 5.89 Å². The smallest absolute Gasteiger partial charge is 0.416 e. The number of aromatic nitrogens is 1. The van der Waals surface area contributed by atoms with Crippen LogP contribution >= 0.6 is 0 Å². The molecule has 6 rings (SSSR count). The molecule has 1 aromatic heterocycles. The molecule has 0 amide bonds. The van der Waals surface area contributed by atoms with Gasteiger partial charge in [0.2, 0.25) is 5.89 Å². The Morgan fingerprint density at radius 3 is 1.51 bits per heavy atom. The van der Waals surface area contributed by atoms with E-state index in [1.165, 1.54) is 12.1 Å². The standard InChI is InChI=1S/C32H20F3NO/c33-32(34,35)28-18-16-24(17-19-28)23-10-8-21(9-11-23)22-12-14-25(15-13-22)26-4-3-5-27(20-26)31-36-29-6-1-2-7-30(29)37-31/h1-20H. The number of oxazole rings is 1. The third kappa shape index (κ3) is 4.64. The second kappa shape index (κ2) is 9.10. The lowest BCUT2D eigenvalue weighted by Gasteiger charge is -2.09. The minimum atomic E-state index is -4.33. The lowest BCUT2D eigenvalue weighted by molar-refractivity contribution is -0.137. The summed E-state index contributed by atoms with van der Waals surface area (Å²) in [6.45, 7) is 0. The lowest BCUT2D eigenvalue weighted by Crippen LogP contribution is -2.03. The molecule has 0 aliphatic rings. The normalized spacial score (nSPS) is 11.6. The van der Waals surface area contributed by atoms with Crippen LogP contribution in [0.4, 0.5) is 13.2 Å². The molecular weight excluding hydrogens is 471 g/mol. The topological polar surface area (TPSA) is 26.0 Å². The first kappa shape index (κ1) is 22.8. The first-order valence-corrected chi connectivity index (χ1v) is 11.8. The summed E-state index contributed by atoms with van der Waals surface area (Å²) >= 11 is 0. The van der Waals surface area contributed by atoms with Crippen molar-refractivity contribution < 1.29 is 17.6 Å². The summed E-state index contributed by atoms with van der Waals surface area (Å²) in [4.78, 5) is 4.60. The molecule has 0 aliphatic carbocycles. The fraction of sp³-hybridized carbons (Fsp3) is 0.0312. The van der Waals surface area contributed by atoms with Gasteiger partial charge in [0, 0.05) is 5.56 Å². The fourth-order valence-corrected chi connectivity index (χ4v) is 4.39. The van der Waals surface area contributed by atoms with Crippen LogP contribution in [0, 0.1) is 0 Å². The third-order valence-corrected chi connectivity index (χ3v) is 6.39. The highest BCUT2D eigenvalue weighted by molar-refractivity contribution is 5.78. The van der Waals surface area contributed by atoms with Gasteiger partial charge < -0.3 is 4.42 Å². The molecule has 0 atom stereocenters. The summed E-state index contributed by atoms with van der Waals surface area (Å²) in [6, 6.07) is 37.1. The van der Waals surface area contributed by atoms with E-state index in [1.807, 2.05) is 60.7 Å². The SMILES string of the molecule is FC(F)(F)c1ccc(-c2ccc(-c3ccc(-c4cccc(-c5nc6ccccc6o5)c4)cc3)cc2)cc1. The van der Waals surface area contributed by atoms with Crippen LogP contribution in [0.2, 0.25) is 0 Å². The largest absolute Gasteiger partial charge is 0.436 e. The molecule has 5 aromatic carbocycles. The summed E-state index contributed by atoms with van der Waals surface area (Å²) in [5.41, 5.74) is 7.68. The molecule has 180 valence electrons. The molecule has 0 spiro atoms. The van der Waals surface area contributed by atoms with Crippen molar-refractivity contribution in [1.82, 2.24) is 4.98 Å². The number of fused-ring (bicyclic) bond motifs is 1. The summed E-state index contributed by atoms with van der Waals surface area (Å²) in [6.07, 6.45) is -4.33. The summed E-state index contributed by atoms with van der Waals surface area (Å²) in [5, 5.41) is 0. The first-order valence-electron chi connectivity index (χ1n) is 11.8. The maximum absolute atomic E-state index is 12.8. The Kier molecular flexibility index (Phi) is 5.61. The Bertz CT molecular complexity index is 1650. The van der Waals surface area contributed by atoms with E-state index in [2.05, 4.69) is 41.4 Å². The molecule has 0 saturated carbocycles. The second-order valence-electron chi connectivity index (χ2n) is 8.80. The quantitative estimate of drug-likeness (QED) is 0.245. The molecule has 0 unspecified atom stereocenters. The predicted molar refractivity (Wildman–Crippen MR) is 141 cm³/mol. The van der Waals surface area contributed by atoms with Crippen molar-refractivity contribution in [1.29, 1.82) is 0 Å². The molecule has 0 N–H and O–H groups in total. The maximum atomic E-state index is 12.8. The Morgan fingerprint density at radius 1 is 0.486 bits per heavy atom. The van der Waals surface area contributed by atoms with Gasteiger partial charge in [-0.1, -0.05) is 84.9 Å². The van der Waals surface area contributed by atoms with Crippen molar-refractivity contribution in [2.45, 2.75) is 6.18 Å². The molecule has 0 saturated heterocycles. The van der Waals surface area contributed by atoms with Crippen LogP contribution in [-0.4, -0.2) is 4.98 Å². The predicted octanol–water partition coefficient (Wildman–Crippen LogP) is 9.51. The number of hydrogen-bond donors (Lipinski definition) is 0. The van der Waals surface area contributed by atoms with Gasteiger partial charge in [-0.05, 0) is 69.8 Å². The van der Waals surface area contributed by atoms with Crippen LogP contribution in [0.5, 0.6) is 0 Å². The van der Waals surface area contributed by atoms with Crippen LogP contribution in [0.25, 0.3) is 55.9 Å². The van der Waals surface area contributed by atoms with E-state index < -0.39 is 11.7 Å². The van der Waals surface area contributed by atoms with Gasteiger partial charge in [-0.25, -0.2) is 4.98 Å². The molecular formula is C32H20F3NO. The third-order valence-electron chi connectivity index (χ3n) is 6.39. The van der Waals surface area contributed by atoms with Crippen molar-refractivity contribution in [3.05, 3.63) is 127 Å².